The van der Waals surface area contributed by atoms with E-state index in [4.69, 9.17) is 23.7 Å². The predicted molar refractivity (Wildman–Crippen MR) is 114 cm³/mol. The lowest BCUT2D eigenvalue weighted by Gasteiger charge is -2.24. The van der Waals surface area contributed by atoms with Gasteiger partial charge in [-0.3, -0.25) is 0 Å². The lowest BCUT2D eigenvalue weighted by atomic mass is 10.1. The Morgan fingerprint density at radius 1 is 1.17 bits per heavy atom. The van der Waals surface area contributed by atoms with Crippen LogP contribution in [0.2, 0.25) is 0 Å². The topological polar surface area (TPSA) is 63.2 Å². The summed E-state index contributed by atoms with van der Waals surface area (Å²) in [6.45, 7) is 3.16. The van der Waals surface area contributed by atoms with Crippen LogP contribution < -0.4 is 14.2 Å². The number of benzene rings is 2. The molecule has 1 aliphatic heterocycles. The van der Waals surface area contributed by atoms with E-state index >= 15 is 0 Å². The average molecular weight is 412 g/mol. The van der Waals surface area contributed by atoms with Crippen molar-refractivity contribution in [3.8, 4) is 17.2 Å². The molecule has 2 aromatic rings. The lowest BCUT2D eigenvalue weighted by molar-refractivity contribution is -0.137. The van der Waals surface area contributed by atoms with Gasteiger partial charge in [0.1, 0.15) is 12.4 Å². The summed E-state index contributed by atoms with van der Waals surface area (Å²) in [5.74, 6) is 1.58. The van der Waals surface area contributed by atoms with Crippen molar-refractivity contribution < 1.29 is 28.5 Å². The molecule has 2 aromatic carbocycles. The first kappa shape index (κ1) is 21.7. The molecule has 0 spiro atoms. The van der Waals surface area contributed by atoms with Gasteiger partial charge in [-0.2, -0.15) is 0 Å². The van der Waals surface area contributed by atoms with Crippen LogP contribution in [0.5, 0.6) is 17.2 Å². The number of ether oxygens (including phenoxy) is 5. The van der Waals surface area contributed by atoms with Gasteiger partial charge in [0.25, 0.3) is 0 Å². The molecule has 0 bridgehead atoms. The van der Waals surface area contributed by atoms with Gasteiger partial charge in [0, 0.05) is 12.5 Å². The Bertz CT molecular complexity index is 855. The maximum absolute atomic E-state index is 11.6. The van der Waals surface area contributed by atoms with Crippen molar-refractivity contribution >= 4 is 12.0 Å². The molecule has 0 aromatic heterocycles. The van der Waals surface area contributed by atoms with Crippen LogP contribution in [0, 0.1) is 0 Å². The van der Waals surface area contributed by atoms with Crippen LogP contribution in [0.15, 0.2) is 48.5 Å². The summed E-state index contributed by atoms with van der Waals surface area (Å²) in [5, 5.41) is 0. The molecule has 1 unspecified atom stereocenters. The molecule has 0 N–H and O–H groups in total. The number of hydrogen-bond acceptors (Lipinski definition) is 6. The highest BCUT2D eigenvalue weighted by molar-refractivity contribution is 5.87. The summed E-state index contributed by atoms with van der Waals surface area (Å²) in [6, 6.07) is 13.2. The van der Waals surface area contributed by atoms with E-state index < -0.39 is 0 Å². The number of rotatable bonds is 9. The Labute approximate surface area is 177 Å². The summed E-state index contributed by atoms with van der Waals surface area (Å²) < 4.78 is 28.0. The normalized spacial score (nSPS) is 16.3. The molecule has 1 fully saturated rings. The molecular formula is C24H28O6. The SMILES string of the molecule is CCOC(=O)/C=C/c1ccc(OC2CCCCO2)c(OCc2cccc(OC)c2)c1. The van der Waals surface area contributed by atoms with Crippen LogP contribution in [0.25, 0.3) is 6.08 Å². The Kier molecular flexibility index (Phi) is 8.15. The molecule has 0 saturated carbocycles. The van der Waals surface area contributed by atoms with Gasteiger partial charge in [0.2, 0.25) is 0 Å². The molecule has 1 saturated heterocycles. The molecule has 6 heteroatoms. The molecular weight excluding hydrogens is 384 g/mol. The third kappa shape index (κ3) is 6.52. The van der Waals surface area contributed by atoms with Crippen molar-refractivity contribution in [3.05, 3.63) is 59.7 Å². The minimum atomic E-state index is -0.382. The van der Waals surface area contributed by atoms with E-state index in [9.17, 15) is 4.79 Å². The number of carbonyl (C=O) groups excluding carboxylic acids is 1. The molecule has 1 heterocycles. The van der Waals surface area contributed by atoms with Gasteiger partial charge in [-0.25, -0.2) is 4.79 Å². The minimum absolute atomic E-state index is 0.279. The Balaban J connectivity index is 1.77. The second-order valence-corrected chi connectivity index (χ2v) is 6.85. The summed E-state index contributed by atoms with van der Waals surface area (Å²) in [5.41, 5.74) is 1.78. The summed E-state index contributed by atoms with van der Waals surface area (Å²) in [4.78, 5) is 11.6. The zero-order valence-corrected chi connectivity index (χ0v) is 17.5. The quantitative estimate of drug-likeness (QED) is 0.437. The molecule has 0 amide bonds. The number of carbonyl (C=O) groups is 1. The van der Waals surface area contributed by atoms with Crippen molar-refractivity contribution in [2.45, 2.75) is 39.1 Å². The fraction of sp³-hybridized carbons (Fsp3) is 0.375. The van der Waals surface area contributed by atoms with Crippen molar-refractivity contribution in [1.29, 1.82) is 0 Å². The van der Waals surface area contributed by atoms with E-state index in [1.54, 1.807) is 20.1 Å². The highest BCUT2D eigenvalue weighted by Gasteiger charge is 2.18. The number of hydrogen-bond donors (Lipinski definition) is 0. The fourth-order valence-electron chi connectivity index (χ4n) is 3.06. The Hall–Kier alpha value is -2.99. The first-order valence-corrected chi connectivity index (χ1v) is 10.2. The third-order valence-corrected chi connectivity index (χ3v) is 4.59. The van der Waals surface area contributed by atoms with Crippen molar-refractivity contribution in [3.63, 3.8) is 0 Å². The van der Waals surface area contributed by atoms with Crippen LogP contribution in [0.1, 0.15) is 37.3 Å². The van der Waals surface area contributed by atoms with E-state index in [1.807, 2.05) is 42.5 Å². The molecule has 160 valence electrons. The summed E-state index contributed by atoms with van der Waals surface area (Å²) in [6.07, 6.45) is 5.78. The predicted octanol–water partition coefficient (Wildman–Crippen LogP) is 4.76. The molecule has 3 rings (SSSR count). The minimum Gasteiger partial charge on any atom is -0.497 e. The van der Waals surface area contributed by atoms with Gasteiger partial charge in [0.05, 0.1) is 20.3 Å². The number of methoxy groups -OCH3 is 1. The van der Waals surface area contributed by atoms with E-state index in [0.717, 1.165) is 36.1 Å². The molecule has 1 aliphatic rings. The first-order chi connectivity index (χ1) is 14.7. The Morgan fingerprint density at radius 2 is 2.07 bits per heavy atom. The van der Waals surface area contributed by atoms with Gasteiger partial charge in [-0.05, 0) is 61.2 Å². The average Bonchev–Trinajstić information content (AvgIpc) is 2.78. The summed E-state index contributed by atoms with van der Waals surface area (Å²) >= 11 is 0. The molecule has 0 aliphatic carbocycles. The van der Waals surface area contributed by atoms with E-state index in [-0.39, 0.29) is 12.3 Å². The molecule has 30 heavy (non-hydrogen) atoms. The van der Waals surface area contributed by atoms with E-state index in [0.29, 0.717) is 31.3 Å². The zero-order valence-electron chi connectivity index (χ0n) is 17.5. The highest BCUT2D eigenvalue weighted by Crippen LogP contribution is 2.32. The highest BCUT2D eigenvalue weighted by atomic mass is 16.7. The van der Waals surface area contributed by atoms with E-state index in [1.165, 1.54) is 6.08 Å². The first-order valence-electron chi connectivity index (χ1n) is 10.2. The largest absolute Gasteiger partial charge is 0.497 e. The van der Waals surface area contributed by atoms with Gasteiger partial charge < -0.3 is 23.7 Å². The van der Waals surface area contributed by atoms with Gasteiger partial charge in [-0.15, -0.1) is 0 Å². The smallest absolute Gasteiger partial charge is 0.330 e. The standard InChI is InChI=1S/C24H28O6/c1-3-27-23(25)13-11-18-10-12-21(30-24-9-4-5-14-28-24)22(16-18)29-17-19-7-6-8-20(15-19)26-2/h6-8,10-13,15-16,24H,3-5,9,14,17H2,1-2H3/b13-11+. The van der Waals surface area contributed by atoms with Crippen molar-refractivity contribution in [2.24, 2.45) is 0 Å². The number of esters is 1. The zero-order chi connectivity index (χ0) is 21.2. The van der Waals surface area contributed by atoms with Gasteiger partial charge >= 0.3 is 5.97 Å². The van der Waals surface area contributed by atoms with Crippen molar-refractivity contribution in [2.75, 3.05) is 20.3 Å². The van der Waals surface area contributed by atoms with Crippen LogP contribution in [0.3, 0.4) is 0 Å². The van der Waals surface area contributed by atoms with Crippen molar-refractivity contribution in [1.82, 2.24) is 0 Å². The monoisotopic (exact) mass is 412 g/mol. The van der Waals surface area contributed by atoms with Gasteiger partial charge in [0.15, 0.2) is 17.8 Å². The van der Waals surface area contributed by atoms with Crippen LogP contribution in [0.4, 0.5) is 0 Å². The maximum Gasteiger partial charge on any atom is 0.330 e. The van der Waals surface area contributed by atoms with Crippen LogP contribution >= 0.6 is 0 Å². The van der Waals surface area contributed by atoms with E-state index in [2.05, 4.69) is 0 Å². The van der Waals surface area contributed by atoms with Crippen LogP contribution in [-0.2, 0) is 20.9 Å². The van der Waals surface area contributed by atoms with Crippen LogP contribution in [-0.4, -0.2) is 32.6 Å². The lowest BCUT2D eigenvalue weighted by Crippen LogP contribution is -2.25. The third-order valence-electron chi connectivity index (χ3n) is 4.59. The molecule has 1 atom stereocenters. The molecule has 6 nitrogen and oxygen atoms in total. The fourth-order valence-corrected chi connectivity index (χ4v) is 3.06. The summed E-state index contributed by atoms with van der Waals surface area (Å²) in [7, 11) is 1.63. The Morgan fingerprint density at radius 3 is 2.83 bits per heavy atom. The maximum atomic E-state index is 11.6. The second-order valence-electron chi connectivity index (χ2n) is 6.85. The second kappa shape index (κ2) is 11.3. The molecule has 0 radical (unpaired) electrons. The van der Waals surface area contributed by atoms with Gasteiger partial charge in [-0.1, -0.05) is 18.2 Å².